The molecule has 0 aromatic rings. The van der Waals surface area contributed by atoms with Gasteiger partial charge < -0.3 is 0 Å². The molecule has 0 unspecified atom stereocenters. The SMILES string of the molecule is C=NC/C(C)=C(C)\C=C/C. The van der Waals surface area contributed by atoms with E-state index in [1.165, 1.54) is 11.1 Å². The maximum absolute atomic E-state index is 3.80. The van der Waals surface area contributed by atoms with Crippen LogP contribution in [0.3, 0.4) is 0 Å². The fourth-order valence-electron chi connectivity index (χ4n) is 0.685. The molecule has 0 N–H and O–H groups in total. The highest BCUT2D eigenvalue weighted by molar-refractivity contribution is 5.28. The van der Waals surface area contributed by atoms with Crippen LogP contribution < -0.4 is 0 Å². The molecule has 0 saturated carbocycles. The third-order valence-corrected chi connectivity index (χ3v) is 1.44. The number of nitrogens with zero attached hydrogens (tertiary/aromatic N) is 1. The second-order valence-electron chi connectivity index (χ2n) is 2.35. The summed E-state index contributed by atoms with van der Waals surface area (Å²) in [7, 11) is 0. The Morgan fingerprint density at radius 1 is 1.50 bits per heavy atom. The highest BCUT2D eigenvalue weighted by Crippen LogP contribution is 2.04. The smallest absolute Gasteiger partial charge is 0.0595 e. The molecule has 0 radical (unpaired) electrons. The monoisotopic (exact) mass is 137 g/mol. The Kier molecular flexibility index (Phi) is 4.55. The third-order valence-electron chi connectivity index (χ3n) is 1.44. The van der Waals surface area contributed by atoms with Crippen LogP contribution in [0, 0.1) is 0 Å². The lowest BCUT2D eigenvalue weighted by Crippen LogP contribution is -1.85. The van der Waals surface area contributed by atoms with Gasteiger partial charge in [-0.15, -0.1) is 0 Å². The summed E-state index contributed by atoms with van der Waals surface area (Å²) in [4.78, 5) is 3.80. The van der Waals surface area contributed by atoms with Crippen molar-refractivity contribution in [2.75, 3.05) is 6.54 Å². The molecule has 0 aliphatic rings. The molecule has 10 heavy (non-hydrogen) atoms. The number of allylic oxidation sites excluding steroid dienone is 3. The van der Waals surface area contributed by atoms with E-state index in [2.05, 4.69) is 31.6 Å². The average Bonchev–Trinajstić information content (AvgIpc) is 1.89. The molecule has 56 valence electrons. The summed E-state index contributed by atoms with van der Waals surface area (Å²) < 4.78 is 0. The van der Waals surface area contributed by atoms with Gasteiger partial charge in [-0.3, -0.25) is 4.99 Å². The Hall–Kier alpha value is -0.850. The average molecular weight is 137 g/mol. The molecule has 0 rings (SSSR count). The molecular weight excluding hydrogens is 122 g/mol. The number of hydrogen-bond acceptors (Lipinski definition) is 1. The van der Waals surface area contributed by atoms with Crippen molar-refractivity contribution in [1.82, 2.24) is 0 Å². The van der Waals surface area contributed by atoms with E-state index in [1.54, 1.807) is 0 Å². The van der Waals surface area contributed by atoms with E-state index in [9.17, 15) is 0 Å². The van der Waals surface area contributed by atoms with E-state index in [-0.39, 0.29) is 0 Å². The molecule has 0 amide bonds. The van der Waals surface area contributed by atoms with E-state index in [0.29, 0.717) is 0 Å². The van der Waals surface area contributed by atoms with E-state index in [4.69, 9.17) is 0 Å². The first-order valence-electron chi connectivity index (χ1n) is 3.44. The second-order valence-corrected chi connectivity index (χ2v) is 2.35. The van der Waals surface area contributed by atoms with Gasteiger partial charge in [-0.2, -0.15) is 0 Å². The first-order chi connectivity index (χ1) is 4.72. The van der Waals surface area contributed by atoms with Crippen LogP contribution in [0.2, 0.25) is 0 Å². The highest BCUT2D eigenvalue weighted by Gasteiger charge is 1.88. The molecule has 0 bridgehead atoms. The van der Waals surface area contributed by atoms with Crippen LogP contribution in [0.5, 0.6) is 0 Å². The second kappa shape index (κ2) is 4.98. The minimum atomic E-state index is 0.746. The Labute approximate surface area is 63.2 Å². The molecule has 0 aromatic carbocycles. The molecular formula is C9H15N. The van der Waals surface area contributed by atoms with Gasteiger partial charge in [0.1, 0.15) is 0 Å². The molecule has 1 nitrogen and oxygen atoms in total. The molecule has 0 atom stereocenters. The summed E-state index contributed by atoms with van der Waals surface area (Å²) in [6, 6.07) is 0. The summed E-state index contributed by atoms with van der Waals surface area (Å²) in [6.45, 7) is 10.4. The van der Waals surface area contributed by atoms with Crippen LogP contribution in [-0.2, 0) is 0 Å². The van der Waals surface area contributed by atoms with Crippen molar-refractivity contribution in [3.05, 3.63) is 23.3 Å². The molecule has 0 spiro atoms. The lowest BCUT2D eigenvalue weighted by Gasteiger charge is -1.97. The van der Waals surface area contributed by atoms with Crippen molar-refractivity contribution in [2.24, 2.45) is 4.99 Å². The van der Waals surface area contributed by atoms with Gasteiger partial charge in [0.05, 0.1) is 6.54 Å². The zero-order valence-electron chi connectivity index (χ0n) is 7.02. The van der Waals surface area contributed by atoms with Crippen LogP contribution in [0.15, 0.2) is 28.3 Å². The molecule has 0 aliphatic heterocycles. The zero-order valence-corrected chi connectivity index (χ0v) is 7.02. The van der Waals surface area contributed by atoms with Crippen molar-refractivity contribution in [2.45, 2.75) is 20.8 Å². The van der Waals surface area contributed by atoms with Crippen molar-refractivity contribution in [1.29, 1.82) is 0 Å². The summed E-state index contributed by atoms with van der Waals surface area (Å²) in [5, 5.41) is 0. The van der Waals surface area contributed by atoms with E-state index < -0.39 is 0 Å². The van der Waals surface area contributed by atoms with Gasteiger partial charge in [-0.05, 0) is 33.1 Å². The van der Waals surface area contributed by atoms with Gasteiger partial charge in [-0.1, -0.05) is 17.7 Å². The molecule has 0 aliphatic carbocycles. The Morgan fingerprint density at radius 2 is 2.10 bits per heavy atom. The summed E-state index contributed by atoms with van der Waals surface area (Å²) in [6.07, 6.45) is 4.11. The minimum Gasteiger partial charge on any atom is -0.297 e. The lowest BCUT2D eigenvalue weighted by molar-refractivity contribution is 1.12. The van der Waals surface area contributed by atoms with Crippen LogP contribution in [0.25, 0.3) is 0 Å². The lowest BCUT2D eigenvalue weighted by atomic mass is 10.1. The van der Waals surface area contributed by atoms with Crippen LogP contribution in [-0.4, -0.2) is 13.3 Å². The number of hydrogen-bond donors (Lipinski definition) is 0. The first kappa shape index (κ1) is 9.15. The zero-order chi connectivity index (χ0) is 7.98. The van der Waals surface area contributed by atoms with Crippen LogP contribution in [0.4, 0.5) is 0 Å². The maximum Gasteiger partial charge on any atom is 0.0595 e. The van der Waals surface area contributed by atoms with Gasteiger partial charge in [0.15, 0.2) is 0 Å². The summed E-state index contributed by atoms with van der Waals surface area (Å²) in [5.74, 6) is 0. The Bertz CT molecular complexity index is 164. The van der Waals surface area contributed by atoms with Crippen molar-refractivity contribution in [3.63, 3.8) is 0 Å². The van der Waals surface area contributed by atoms with E-state index in [1.807, 2.05) is 13.0 Å². The van der Waals surface area contributed by atoms with Gasteiger partial charge in [0, 0.05) is 0 Å². The van der Waals surface area contributed by atoms with Gasteiger partial charge in [-0.25, -0.2) is 0 Å². The number of aliphatic imine (C=N–C) groups is 1. The van der Waals surface area contributed by atoms with Gasteiger partial charge >= 0.3 is 0 Å². The Morgan fingerprint density at radius 3 is 2.50 bits per heavy atom. The van der Waals surface area contributed by atoms with E-state index in [0.717, 1.165) is 6.54 Å². The highest BCUT2D eigenvalue weighted by atomic mass is 14.7. The predicted octanol–water partition coefficient (Wildman–Crippen LogP) is 2.60. The molecule has 0 heterocycles. The van der Waals surface area contributed by atoms with Crippen molar-refractivity contribution in [3.8, 4) is 0 Å². The standard InChI is InChI=1S/C9H15N/c1-5-6-8(2)9(3)7-10-4/h5-6H,4,7H2,1-3H3/b6-5-,9-8-. The summed E-state index contributed by atoms with van der Waals surface area (Å²) >= 11 is 0. The maximum atomic E-state index is 3.80. The molecule has 1 heteroatoms. The topological polar surface area (TPSA) is 12.4 Å². The van der Waals surface area contributed by atoms with Crippen LogP contribution >= 0.6 is 0 Å². The molecule has 0 saturated heterocycles. The third kappa shape index (κ3) is 3.23. The fourth-order valence-corrected chi connectivity index (χ4v) is 0.685. The normalized spacial score (nSPS) is 13.5. The van der Waals surface area contributed by atoms with Gasteiger partial charge in [0.25, 0.3) is 0 Å². The molecule has 0 aromatic heterocycles. The predicted molar refractivity (Wildman–Crippen MR) is 47.6 cm³/mol. The first-order valence-corrected chi connectivity index (χ1v) is 3.44. The summed E-state index contributed by atoms with van der Waals surface area (Å²) in [5.41, 5.74) is 2.57. The molecule has 0 fully saturated rings. The minimum absolute atomic E-state index is 0.746. The van der Waals surface area contributed by atoms with Crippen molar-refractivity contribution >= 4 is 6.72 Å². The Balaban J connectivity index is 4.17. The quantitative estimate of drug-likeness (QED) is 0.419. The van der Waals surface area contributed by atoms with Gasteiger partial charge in [0.2, 0.25) is 0 Å². The fraction of sp³-hybridized carbons (Fsp3) is 0.444. The van der Waals surface area contributed by atoms with E-state index >= 15 is 0 Å². The van der Waals surface area contributed by atoms with Crippen LogP contribution in [0.1, 0.15) is 20.8 Å². The van der Waals surface area contributed by atoms with Crippen molar-refractivity contribution < 1.29 is 0 Å². The largest absolute Gasteiger partial charge is 0.297 e. The number of rotatable bonds is 3.